The molecule has 1 amide bonds. The van der Waals surface area contributed by atoms with Crippen LogP contribution in [0.2, 0.25) is 0 Å². The van der Waals surface area contributed by atoms with Crippen LogP contribution in [0, 0.1) is 0 Å². The molecule has 6 heteroatoms. The fourth-order valence-electron chi connectivity index (χ4n) is 2.22. The summed E-state index contributed by atoms with van der Waals surface area (Å²) in [4.78, 5) is 16.0. The summed E-state index contributed by atoms with van der Waals surface area (Å²) in [6, 6.07) is 1.76. The first kappa shape index (κ1) is 12.6. The van der Waals surface area contributed by atoms with Gasteiger partial charge >= 0.3 is 7.12 Å². The number of hydrogen-bond donors (Lipinski definition) is 1. The summed E-state index contributed by atoms with van der Waals surface area (Å²) in [6.45, 7) is 8.52. The van der Waals surface area contributed by atoms with E-state index >= 15 is 0 Å². The lowest BCUT2D eigenvalue weighted by Gasteiger charge is -2.32. The Kier molecular flexibility index (Phi) is 2.53. The minimum absolute atomic E-state index is 0.0600. The molecule has 19 heavy (non-hydrogen) atoms. The second-order valence-electron chi connectivity index (χ2n) is 6.04. The number of carbonyl (C=O) groups excluding carboxylic acids is 1. The van der Waals surface area contributed by atoms with E-state index in [0.29, 0.717) is 17.7 Å². The Morgan fingerprint density at radius 2 is 1.89 bits per heavy atom. The highest BCUT2D eigenvalue weighted by Gasteiger charge is 2.52. The molecule has 1 fully saturated rings. The summed E-state index contributed by atoms with van der Waals surface area (Å²) in [5.74, 6) is -0.0600. The molecule has 0 atom stereocenters. The van der Waals surface area contributed by atoms with Gasteiger partial charge in [-0.3, -0.25) is 9.78 Å². The quantitative estimate of drug-likeness (QED) is 0.752. The van der Waals surface area contributed by atoms with Crippen molar-refractivity contribution in [2.24, 2.45) is 0 Å². The zero-order chi connectivity index (χ0) is 13.8. The lowest BCUT2D eigenvalue weighted by molar-refractivity contribution is 0.00578. The number of aromatic nitrogens is 1. The number of hydrogen-bond acceptors (Lipinski definition) is 4. The van der Waals surface area contributed by atoms with E-state index < -0.39 is 18.3 Å². The Labute approximate surface area is 112 Å². The van der Waals surface area contributed by atoms with Crippen molar-refractivity contribution in [3.05, 3.63) is 23.4 Å². The van der Waals surface area contributed by atoms with Gasteiger partial charge in [0.1, 0.15) is 0 Å². The lowest BCUT2D eigenvalue weighted by atomic mass is 9.83. The highest BCUT2D eigenvalue weighted by molar-refractivity contribution is 6.61. The van der Waals surface area contributed by atoms with Gasteiger partial charge in [-0.2, -0.15) is 0 Å². The molecule has 3 heterocycles. The standard InChI is InChI=1S/C13H17BN2O3/c1-12(2)13(3,4)19-14(18-12)10-5-9-8(6-15-10)7-16-11(9)17/h5-6H,7H2,1-4H3,(H,16,17). The van der Waals surface area contributed by atoms with Crippen LogP contribution in [0.15, 0.2) is 12.3 Å². The van der Waals surface area contributed by atoms with Gasteiger partial charge in [0.05, 0.1) is 16.8 Å². The van der Waals surface area contributed by atoms with Gasteiger partial charge in [-0.15, -0.1) is 0 Å². The van der Waals surface area contributed by atoms with Gasteiger partial charge in [-0.05, 0) is 33.8 Å². The van der Waals surface area contributed by atoms with Gasteiger partial charge in [-0.25, -0.2) is 0 Å². The van der Waals surface area contributed by atoms with E-state index in [1.165, 1.54) is 0 Å². The molecule has 0 aliphatic carbocycles. The number of pyridine rings is 1. The summed E-state index contributed by atoms with van der Waals surface area (Å²) in [5.41, 5.74) is 1.43. The lowest BCUT2D eigenvalue weighted by Crippen LogP contribution is -2.41. The van der Waals surface area contributed by atoms with Crippen molar-refractivity contribution < 1.29 is 14.1 Å². The maximum atomic E-state index is 11.7. The third-order valence-corrected chi connectivity index (χ3v) is 4.19. The molecule has 100 valence electrons. The van der Waals surface area contributed by atoms with Crippen LogP contribution in [-0.2, 0) is 15.9 Å². The first-order chi connectivity index (χ1) is 8.80. The van der Waals surface area contributed by atoms with Crippen LogP contribution in [0.1, 0.15) is 43.6 Å². The van der Waals surface area contributed by atoms with Crippen molar-refractivity contribution in [1.82, 2.24) is 10.3 Å². The molecule has 0 aromatic carbocycles. The topological polar surface area (TPSA) is 60.5 Å². The Hall–Kier alpha value is -1.40. The van der Waals surface area contributed by atoms with Crippen molar-refractivity contribution in [2.45, 2.75) is 45.4 Å². The molecule has 1 aromatic rings. The molecule has 1 saturated heterocycles. The molecule has 1 N–H and O–H groups in total. The number of nitrogens with one attached hydrogen (secondary N) is 1. The number of amides is 1. The van der Waals surface area contributed by atoms with Gasteiger partial charge in [0.25, 0.3) is 5.91 Å². The van der Waals surface area contributed by atoms with Crippen molar-refractivity contribution in [1.29, 1.82) is 0 Å². The van der Waals surface area contributed by atoms with E-state index in [0.717, 1.165) is 5.56 Å². The molecular formula is C13H17BN2O3. The minimum atomic E-state index is -0.524. The van der Waals surface area contributed by atoms with Crippen LogP contribution in [0.5, 0.6) is 0 Å². The Morgan fingerprint density at radius 1 is 1.26 bits per heavy atom. The predicted molar refractivity (Wildman–Crippen MR) is 71.1 cm³/mol. The van der Waals surface area contributed by atoms with Gasteiger partial charge in [-0.1, -0.05) is 0 Å². The number of rotatable bonds is 1. The third-order valence-electron chi connectivity index (χ3n) is 4.19. The zero-order valence-corrected chi connectivity index (χ0v) is 11.6. The molecule has 5 nitrogen and oxygen atoms in total. The van der Waals surface area contributed by atoms with Crippen LogP contribution >= 0.6 is 0 Å². The minimum Gasteiger partial charge on any atom is -0.398 e. The fraction of sp³-hybridized carbons (Fsp3) is 0.538. The van der Waals surface area contributed by atoms with E-state index in [-0.39, 0.29) is 5.91 Å². The van der Waals surface area contributed by atoms with Gasteiger partial charge in [0.2, 0.25) is 0 Å². The maximum Gasteiger partial charge on any atom is 0.514 e. The average Bonchev–Trinajstić information content (AvgIpc) is 2.78. The molecule has 2 aliphatic rings. The molecule has 0 unspecified atom stereocenters. The molecule has 0 spiro atoms. The Morgan fingerprint density at radius 3 is 2.53 bits per heavy atom. The fourth-order valence-corrected chi connectivity index (χ4v) is 2.22. The normalized spacial score (nSPS) is 23.4. The van der Waals surface area contributed by atoms with Crippen molar-refractivity contribution >= 4 is 18.6 Å². The van der Waals surface area contributed by atoms with E-state index in [2.05, 4.69) is 10.3 Å². The molecule has 1 aromatic heterocycles. The van der Waals surface area contributed by atoms with E-state index in [1.807, 2.05) is 27.7 Å². The monoisotopic (exact) mass is 260 g/mol. The van der Waals surface area contributed by atoms with Crippen LogP contribution in [0.25, 0.3) is 0 Å². The maximum absolute atomic E-state index is 11.7. The molecular weight excluding hydrogens is 243 g/mol. The summed E-state index contributed by atoms with van der Waals surface area (Å²) in [5, 5.41) is 2.77. The molecule has 2 aliphatic heterocycles. The average molecular weight is 260 g/mol. The van der Waals surface area contributed by atoms with Crippen molar-refractivity contribution in [3.8, 4) is 0 Å². The first-order valence-corrected chi connectivity index (χ1v) is 6.43. The number of carbonyl (C=O) groups is 1. The largest absolute Gasteiger partial charge is 0.514 e. The predicted octanol–water partition coefficient (Wildman–Crippen LogP) is 0.624. The summed E-state index contributed by atoms with van der Waals surface area (Å²) < 4.78 is 11.9. The van der Waals surface area contributed by atoms with Crippen LogP contribution in [0.3, 0.4) is 0 Å². The van der Waals surface area contributed by atoms with Gasteiger partial charge in [0.15, 0.2) is 0 Å². The van der Waals surface area contributed by atoms with Crippen LogP contribution in [0.4, 0.5) is 0 Å². The summed E-state index contributed by atoms with van der Waals surface area (Å²) >= 11 is 0. The van der Waals surface area contributed by atoms with Crippen LogP contribution in [-0.4, -0.2) is 29.2 Å². The smallest absolute Gasteiger partial charge is 0.398 e. The second-order valence-corrected chi connectivity index (χ2v) is 6.04. The number of fused-ring (bicyclic) bond motifs is 1. The second kappa shape index (κ2) is 3.80. The highest BCUT2D eigenvalue weighted by atomic mass is 16.7. The van der Waals surface area contributed by atoms with E-state index in [9.17, 15) is 4.79 Å². The third kappa shape index (κ3) is 1.86. The molecule has 3 rings (SSSR count). The SMILES string of the molecule is CC1(C)OB(c2cc3c(cn2)CNC3=O)OC1(C)C. The highest BCUT2D eigenvalue weighted by Crippen LogP contribution is 2.36. The molecule has 0 radical (unpaired) electrons. The Balaban J connectivity index is 1.93. The van der Waals surface area contributed by atoms with Crippen molar-refractivity contribution in [2.75, 3.05) is 0 Å². The van der Waals surface area contributed by atoms with E-state index in [4.69, 9.17) is 9.31 Å². The Bertz CT molecular complexity index is 541. The summed E-state index contributed by atoms with van der Waals surface area (Å²) in [6.07, 6.45) is 1.72. The van der Waals surface area contributed by atoms with E-state index in [1.54, 1.807) is 12.3 Å². The first-order valence-electron chi connectivity index (χ1n) is 6.43. The number of nitrogens with zero attached hydrogens (tertiary/aromatic N) is 1. The summed E-state index contributed by atoms with van der Waals surface area (Å²) in [7, 11) is -0.524. The molecule has 0 bridgehead atoms. The zero-order valence-electron chi connectivity index (χ0n) is 11.6. The van der Waals surface area contributed by atoms with Crippen molar-refractivity contribution in [3.63, 3.8) is 0 Å². The van der Waals surface area contributed by atoms with Gasteiger partial charge < -0.3 is 14.6 Å². The molecule has 0 saturated carbocycles. The van der Waals surface area contributed by atoms with Gasteiger partial charge in [0, 0.05) is 23.9 Å². The van der Waals surface area contributed by atoms with Crippen LogP contribution < -0.4 is 10.9 Å².